The summed E-state index contributed by atoms with van der Waals surface area (Å²) in [5.41, 5.74) is 30.9. The molecule has 370 valence electrons. The highest BCUT2D eigenvalue weighted by molar-refractivity contribution is 6.98. The summed E-state index contributed by atoms with van der Waals surface area (Å²) in [4.78, 5) is 0. The highest BCUT2D eigenvalue weighted by atomic mass is 15.1. The Morgan fingerprint density at radius 2 is 0.644 bits per heavy atom. The van der Waals surface area contributed by atoms with E-state index in [1.54, 1.807) is 0 Å². The van der Waals surface area contributed by atoms with E-state index in [4.69, 9.17) is 0 Å². The van der Waals surface area contributed by atoms with Crippen LogP contribution in [0.2, 0.25) is 0 Å². The standard InChI is InChI=1S/C68H77B2N3/c1-20-21-26-71-61-51-33-41(67(14,15)16)31-49-47-29-39(65(8,9)10)27-45-43-24-22-37(63(2,3)4)35-53(43)69(72(57(45)47)59(49)51)55(61)56-62(71)52-34-42(68(17,18)19)32-50-48-30-40(66(11,12)13)28-46-44-25-23-38(64(5,6)7)36-54(44)70(56)73(58(46)48)60(50)52/h22-25,27-36H,20-21,26H2,1-19H3. The number of aromatic nitrogens is 3. The van der Waals surface area contributed by atoms with Gasteiger partial charge in [0.05, 0.1) is 0 Å². The summed E-state index contributed by atoms with van der Waals surface area (Å²) < 4.78 is 8.68. The van der Waals surface area contributed by atoms with Crippen molar-refractivity contribution in [3.8, 4) is 44.8 Å². The first-order valence-electron chi connectivity index (χ1n) is 27.9. The van der Waals surface area contributed by atoms with Crippen molar-refractivity contribution in [3.05, 3.63) is 118 Å². The van der Waals surface area contributed by atoms with Gasteiger partial charge in [0.25, 0.3) is 0 Å². The summed E-state index contributed by atoms with van der Waals surface area (Å²) in [6, 6.07) is 36.0. The highest BCUT2D eigenvalue weighted by Crippen LogP contribution is 2.53. The molecule has 0 bridgehead atoms. The molecule has 6 aromatic carbocycles. The van der Waals surface area contributed by atoms with Crippen LogP contribution in [0.3, 0.4) is 0 Å². The monoisotopic (exact) mass is 958 g/mol. The van der Waals surface area contributed by atoms with E-state index >= 15 is 0 Å². The fourth-order valence-corrected chi connectivity index (χ4v) is 13.8. The lowest BCUT2D eigenvalue weighted by molar-refractivity contribution is 0.590. The first-order chi connectivity index (χ1) is 34.0. The van der Waals surface area contributed by atoms with Crippen molar-refractivity contribution in [3.63, 3.8) is 0 Å². The topological polar surface area (TPSA) is 14.8 Å². The van der Waals surface area contributed by atoms with Gasteiger partial charge >= 0.3 is 13.7 Å². The smallest absolute Gasteiger partial charge is 0.330 e. The van der Waals surface area contributed by atoms with Crippen molar-refractivity contribution in [2.24, 2.45) is 0 Å². The van der Waals surface area contributed by atoms with Crippen molar-refractivity contribution in [1.29, 1.82) is 0 Å². The molecule has 0 atom stereocenters. The van der Waals surface area contributed by atoms with Crippen LogP contribution in [-0.4, -0.2) is 27.2 Å². The maximum absolute atomic E-state index is 2.91. The second kappa shape index (κ2) is 14.4. The van der Waals surface area contributed by atoms with E-state index < -0.39 is 0 Å². The van der Waals surface area contributed by atoms with Gasteiger partial charge in [-0.2, -0.15) is 0 Å². The predicted octanol–water partition coefficient (Wildman–Crippen LogP) is 15.5. The molecule has 0 amide bonds. The molecule has 0 spiro atoms. The zero-order valence-electron chi connectivity index (χ0n) is 47.7. The quantitative estimate of drug-likeness (QED) is 0.157. The predicted molar refractivity (Wildman–Crippen MR) is 320 cm³/mol. The summed E-state index contributed by atoms with van der Waals surface area (Å²) in [5, 5.41) is 5.60. The van der Waals surface area contributed by atoms with E-state index in [1.165, 1.54) is 144 Å². The molecule has 4 aliphatic rings. The first kappa shape index (κ1) is 47.1. The third-order valence-corrected chi connectivity index (χ3v) is 18.1. The largest absolute Gasteiger partial charge is 0.375 e. The van der Waals surface area contributed by atoms with Gasteiger partial charge < -0.3 is 13.5 Å². The fourth-order valence-electron chi connectivity index (χ4n) is 13.8. The van der Waals surface area contributed by atoms with Gasteiger partial charge in [0, 0.05) is 83.8 Å². The van der Waals surface area contributed by atoms with Crippen molar-refractivity contribution in [1.82, 2.24) is 13.5 Å². The minimum Gasteiger partial charge on any atom is -0.375 e. The average Bonchev–Trinajstić information content (AvgIpc) is 3.94. The van der Waals surface area contributed by atoms with Crippen LogP contribution < -0.4 is 21.9 Å². The third-order valence-electron chi connectivity index (χ3n) is 18.1. The fraction of sp³-hybridized carbons (Fsp3) is 0.412. The van der Waals surface area contributed by atoms with Gasteiger partial charge in [-0.1, -0.05) is 174 Å². The Morgan fingerprint density at radius 1 is 0.342 bits per heavy atom. The Bertz CT molecular complexity index is 3700. The SMILES string of the molecule is CCCCn1c2c(c3c1-c1cc(C(C)(C)C)cc4c5cc(C(C)(C)C)cc6c5n(c14)B3c1cc(C(C)(C)C)ccc1-6)B1c3cc(C(C)(C)C)ccc3-c3cc(C(C)(C)C)cc4c5cc(C(C)(C)C)cc-2c5n1c34. The maximum Gasteiger partial charge on any atom is 0.330 e. The molecule has 13 rings (SSSR count). The van der Waals surface area contributed by atoms with Crippen LogP contribution in [0.4, 0.5) is 0 Å². The summed E-state index contributed by atoms with van der Waals surface area (Å²) in [6.45, 7) is 46.6. The van der Waals surface area contributed by atoms with Crippen molar-refractivity contribution in [2.45, 2.75) is 183 Å². The summed E-state index contributed by atoms with van der Waals surface area (Å²) in [6.07, 6.45) is 2.23. The van der Waals surface area contributed by atoms with Gasteiger partial charge in [0.15, 0.2) is 0 Å². The van der Waals surface area contributed by atoms with Gasteiger partial charge in [-0.05, 0) is 154 Å². The number of rotatable bonds is 3. The zero-order valence-corrected chi connectivity index (χ0v) is 47.7. The van der Waals surface area contributed by atoms with Gasteiger partial charge in [-0.25, -0.2) is 0 Å². The third kappa shape index (κ3) is 6.32. The number of fused-ring (bicyclic) bond motifs is 15. The van der Waals surface area contributed by atoms with Crippen molar-refractivity contribution >= 4 is 79.2 Å². The van der Waals surface area contributed by atoms with E-state index in [9.17, 15) is 0 Å². The molecule has 3 aromatic heterocycles. The van der Waals surface area contributed by atoms with Crippen LogP contribution >= 0.6 is 0 Å². The molecule has 0 saturated heterocycles. The summed E-state index contributed by atoms with van der Waals surface area (Å²) in [7, 11) is 0. The summed E-state index contributed by atoms with van der Waals surface area (Å²) >= 11 is 0. The molecule has 0 saturated carbocycles. The van der Waals surface area contributed by atoms with Gasteiger partial charge in [0.1, 0.15) is 0 Å². The van der Waals surface area contributed by atoms with Crippen molar-refractivity contribution in [2.75, 3.05) is 0 Å². The van der Waals surface area contributed by atoms with Crippen LogP contribution in [0.5, 0.6) is 0 Å². The van der Waals surface area contributed by atoms with Gasteiger partial charge in [-0.15, -0.1) is 0 Å². The van der Waals surface area contributed by atoms with E-state index in [0.717, 1.165) is 19.4 Å². The molecule has 9 aromatic rings. The molecule has 4 aliphatic heterocycles. The molecular weight excluding hydrogens is 880 g/mol. The molecule has 0 N–H and O–H groups in total. The number of nitrogens with zero attached hydrogens (tertiary/aromatic N) is 3. The molecule has 73 heavy (non-hydrogen) atoms. The molecular formula is C68H77B2N3. The van der Waals surface area contributed by atoms with E-state index in [-0.39, 0.29) is 46.2 Å². The Labute approximate surface area is 437 Å². The van der Waals surface area contributed by atoms with Crippen LogP contribution in [0.1, 0.15) is 178 Å². The second-order valence-electron chi connectivity index (χ2n) is 29.4. The Balaban J connectivity index is 1.30. The van der Waals surface area contributed by atoms with Crippen LogP contribution in [0, 0.1) is 0 Å². The van der Waals surface area contributed by atoms with E-state index in [0.29, 0.717) is 0 Å². The molecule has 0 aliphatic carbocycles. The molecule has 5 heteroatoms. The van der Waals surface area contributed by atoms with E-state index in [1.807, 2.05) is 0 Å². The molecule has 0 unspecified atom stereocenters. The lowest BCUT2D eigenvalue weighted by atomic mass is 9.37. The first-order valence-corrected chi connectivity index (χ1v) is 27.9. The normalized spacial score (nSPS) is 14.9. The molecule has 0 radical (unpaired) electrons. The Kier molecular flexibility index (Phi) is 9.27. The Hall–Kier alpha value is -5.67. The summed E-state index contributed by atoms with van der Waals surface area (Å²) in [5.74, 6) is 0. The molecule has 7 heterocycles. The van der Waals surface area contributed by atoms with Crippen molar-refractivity contribution < 1.29 is 0 Å². The molecule has 0 fully saturated rings. The van der Waals surface area contributed by atoms with Crippen LogP contribution in [-0.2, 0) is 39.0 Å². The minimum absolute atomic E-state index is 0.0259. The molecule has 3 nitrogen and oxygen atoms in total. The number of hydrogen-bond acceptors (Lipinski definition) is 0. The number of unbranched alkanes of at least 4 members (excludes halogenated alkanes) is 1. The average molecular weight is 958 g/mol. The van der Waals surface area contributed by atoms with Gasteiger partial charge in [0.2, 0.25) is 0 Å². The highest BCUT2D eigenvalue weighted by Gasteiger charge is 2.51. The van der Waals surface area contributed by atoms with E-state index in [2.05, 4.69) is 230 Å². The lowest BCUT2D eigenvalue weighted by Crippen LogP contribution is -2.65. The van der Waals surface area contributed by atoms with Crippen LogP contribution in [0.15, 0.2) is 84.9 Å². The maximum atomic E-state index is 2.91. The van der Waals surface area contributed by atoms with Crippen LogP contribution in [0.25, 0.3) is 88.4 Å². The Morgan fingerprint density at radius 3 is 0.945 bits per heavy atom. The number of benzene rings is 6. The van der Waals surface area contributed by atoms with Gasteiger partial charge in [-0.3, -0.25) is 0 Å². The lowest BCUT2D eigenvalue weighted by Gasteiger charge is -2.37. The minimum atomic E-state index is -0.0652. The zero-order chi connectivity index (χ0) is 51.9. The second-order valence-corrected chi connectivity index (χ2v) is 29.4. The number of hydrogen-bond donors (Lipinski definition) is 0.